The first kappa shape index (κ1) is 14.2. The van der Waals surface area contributed by atoms with Gasteiger partial charge in [-0.3, -0.25) is 14.5 Å². The van der Waals surface area contributed by atoms with Gasteiger partial charge in [0.2, 0.25) is 21.0 Å². The summed E-state index contributed by atoms with van der Waals surface area (Å²) in [6, 6.07) is -0.00231. The summed E-state index contributed by atoms with van der Waals surface area (Å²) in [5.74, 6) is -0.294. The molecule has 14 heavy (non-hydrogen) atoms. The lowest BCUT2D eigenvalue weighted by Crippen LogP contribution is -2.38. The lowest BCUT2D eigenvalue weighted by molar-refractivity contribution is -0.146. The summed E-state index contributed by atoms with van der Waals surface area (Å²) in [7, 11) is 7.36. The second kappa shape index (κ2) is 7.45. The Kier molecular flexibility index (Phi) is 7.54. The highest BCUT2D eigenvalue weighted by Crippen LogP contribution is 2.11. The first-order valence-electron chi connectivity index (χ1n) is 3.62. The molecule has 1 saturated heterocycles. The highest BCUT2D eigenvalue weighted by molar-refractivity contribution is 8.26. The van der Waals surface area contributed by atoms with Crippen LogP contribution >= 0.6 is 33.0 Å². The largest absolute Gasteiger partial charge is 0.274 e. The molecule has 0 aromatic heterocycles. The Morgan fingerprint density at radius 1 is 1.21 bits per heavy atom. The summed E-state index contributed by atoms with van der Waals surface area (Å²) < 4.78 is 9.09. The Morgan fingerprint density at radius 3 is 1.79 bits per heavy atom. The van der Waals surface area contributed by atoms with Gasteiger partial charge in [0.15, 0.2) is 0 Å². The predicted molar refractivity (Wildman–Crippen MR) is 56.3 cm³/mol. The van der Waals surface area contributed by atoms with E-state index in [4.69, 9.17) is 15.8 Å². The molecule has 0 saturated carbocycles. The van der Waals surface area contributed by atoms with Crippen molar-refractivity contribution >= 4 is 54.0 Å². The van der Waals surface area contributed by atoms with Crippen LogP contribution in [0.4, 0.5) is 0 Å². The fraction of sp³-hybridized carbons (Fsp3) is 0.667. The van der Waals surface area contributed by atoms with Gasteiger partial charge < -0.3 is 0 Å². The summed E-state index contributed by atoms with van der Waals surface area (Å²) in [6.45, 7) is 0. The van der Waals surface area contributed by atoms with Gasteiger partial charge in [-0.25, -0.2) is 4.21 Å². The number of imide groups is 1. The van der Waals surface area contributed by atoms with Crippen LogP contribution < -0.4 is 0 Å². The van der Waals surface area contributed by atoms with E-state index >= 15 is 0 Å². The lowest BCUT2D eigenvalue weighted by Gasteiger charge is -2.21. The molecule has 2 amide bonds. The van der Waals surface area contributed by atoms with Crippen molar-refractivity contribution in [3.8, 4) is 0 Å². The molecular weight excluding hydrogens is 272 g/mol. The molecule has 1 heterocycles. The zero-order valence-electron chi connectivity index (χ0n) is 7.04. The Balaban J connectivity index is 0.000000364. The molecular formula is C6H8Cl3NO3S. The first-order valence-corrected chi connectivity index (χ1v) is 6.96. The average Bonchev–Trinajstić information content (AvgIpc) is 2.03. The van der Waals surface area contributed by atoms with Crippen LogP contribution in [0.2, 0.25) is 0 Å². The minimum Gasteiger partial charge on any atom is -0.274 e. The molecule has 0 unspecified atom stereocenters. The number of carbonyl (C=O) groups excluding carboxylic acids is 2. The van der Waals surface area contributed by atoms with Gasteiger partial charge in [-0.05, 0) is 6.42 Å². The van der Waals surface area contributed by atoms with Crippen molar-refractivity contribution in [2.75, 3.05) is 6.00 Å². The smallest absolute Gasteiger partial charge is 0.230 e. The number of nitrogens with zero attached hydrogens (tertiary/aromatic N) is 1. The summed E-state index contributed by atoms with van der Waals surface area (Å²) in [6.07, 6.45) is 1.59. The van der Waals surface area contributed by atoms with Gasteiger partial charge >= 0.3 is 0 Å². The van der Waals surface area contributed by atoms with E-state index in [1.165, 1.54) is 0 Å². The molecule has 0 atom stereocenters. The van der Waals surface area contributed by atoms with E-state index < -0.39 is 9.23 Å². The second-order valence-corrected chi connectivity index (χ2v) is 5.14. The minimum atomic E-state index is -1.67. The molecule has 0 N–H and O–H groups in total. The maximum atomic E-state index is 10.9. The van der Waals surface area contributed by atoms with Crippen molar-refractivity contribution in [2.45, 2.75) is 19.3 Å². The van der Waals surface area contributed by atoms with Crippen LogP contribution in [0, 0.1) is 0 Å². The Morgan fingerprint density at radius 2 is 1.57 bits per heavy atom. The van der Waals surface area contributed by atoms with Crippen LogP contribution in [0.25, 0.3) is 0 Å². The summed E-state index contributed by atoms with van der Waals surface area (Å²) in [5, 5.41) is 0. The molecule has 0 aromatic carbocycles. The summed E-state index contributed by atoms with van der Waals surface area (Å²) >= 11 is 5.35. The summed E-state index contributed by atoms with van der Waals surface area (Å²) in [4.78, 5) is 22.8. The molecule has 8 heteroatoms. The van der Waals surface area contributed by atoms with Crippen LogP contribution in [0.5, 0.6) is 0 Å². The molecule has 0 aliphatic carbocycles. The number of halogens is 3. The van der Waals surface area contributed by atoms with Crippen molar-refractivity contribution in [1.29, 1.82) is 0 Å². The number of hydrogen-bond donors (Lipinski definition) is 0. The van der Waals surface area contributed by atoms with E-state index in [0.717, 1.165) is 4.90 Å². The van der Waals surface area contributed by atoms with Crippen LogP contribution in [-0.2, 0) is 18.8 Å². The number of likely N-dealkylation sites (tertiary alicyclic amines) is 1. The first-order chi connectivity index (χ1) is 6.49. The van der Waals surface area contributed by atoms with Gasteiger partial charge in [-0.15, -0.1) is 11.6 Å². The Labute approximate surface area is 97.9 Å². The molecule has 1 aliphatic rings. The Hall–Kier alpha value is 0.160. The van der Waals surface area contributed by atoms with Gasteiger partial charge in [-0.1, -0.05) is 0 Å². The zero-order chi connectivity index (χ0) is 11.1. The van der Waals surface area contributed by atoms with Gasteiger partial charge in [0.25, 0.3) is 0 Å². The van der Waals surface area contributed by atoms with Crippen LogP contribution in [0.15, 0.2) is 0 Å². The molecule has 1 rings (SSSR count). The fourth-order valence-corrected chi connectivity index (χ4v) is 1.20. The highest BCUT2D eigenvalue weighted by Gasteiger charge is 2.24. The van der Waals surface area contributed by atoms with Gasteiger partial charge in [0.05, 0.1) is 0 Å². The number of carbonyl (C=O) groups is 2. The highest BCUT2D eigenvalue weighted by atomic mass is 36.0. The third kappa shape index (κ3) is 5.80. The van der Waals surface area contributed by atoms with E-state index in [2.05, 4.69) is 21.4 Å². The number of alkyl halides is 1. The normalized spacial score (nSPS) is 16.7. The van der Waals surface area contributed by atoms with E-state index in [0.29, 0.717) is 19.3 Å². The molecule has 1 aliphatic heterocycles. The summed E-state index contributed by atoms with van der Waals surface area (Å²) in [5.41, 5.74) is 0. The molecule has 0 spiro atoms. The van der Waals surface area contributed by atoms with E-state index in [-0.39, 0.29) is 17.8 Å². The molecule has 82 valence electrons. The van der Waals surface area contributed by atoms with Crippen molar-refractivity contribution in [3.63, 3.8) is 0 Å². The quantitative estimate of drug-likeness (QED) is 0.318. The Bertz CT molecular complexity index is 228. The van der Waals surface area contributed by atoms with Crippen LogP contribution in [-0.4, -0.2) is 26.9 Å². The fourth-order valence-electron chi connectivity index (χ4n) is 0.933. The number of piperidine rings is 1. The van der Waals surface area contributed by atoms with Gasteiger partial charge in [-0.2, -0.15) is 0 Å². The monoisotopic (exact) mass is 279 g/mol. The van der Waals surface area contributed by atoms with Crippen molar-refractivity contribution in [1.82, 2.24) is 4.90 Å². The molecule has 0 radical (unpaired) electrons. The van der Waals surface area contributed by atoms with Crippen molar-refractivity contribution < 1.29 is 13.8 Å². The van der Waals surface area contributed by atoms with E-state index in [9.17, 15) is 9.59 Å². The molecule has 0 aromatic rings. The lowest BCUT2D eigenvalue weighted by atomic mass is 10.1. The average molecular weight is 281 g/mol. The van der Waals surface area contributed by atoms with Gasteiger partial charge in [0, 0.05) is 34.2 Å². The molecule has 0 bridgehead atoms. The van der Waals surface area contributed by atoms with Crippen LogP contribution in [0.1, 0.15) is 19.3 Å². The van der Waals surface area contributed by atoms with Crippen molar-refractivity contribution in [3.05, 3.63) is 0 Å². The number of amides is 2. The van der Waals surface area contributed by atoms with Crippen LogP contribution in [0.3, 0.4) is 0 Å². The van der Waals surface area contributed by atoms with Gasteiger partial charge in [0.1, 0.15) is 6.00 Å². The number of rotatable bonds is 1. The zero-order valence-corrected chi connectivity index (χ0v) is 10.1. The molecule has 1 fully saturated rings. The minimum absolute atomic E-state index is 0.00231. The second-order valence-electron chi connectivity index (χ2n) is 2.37. The maximum absolute atomic E-state index is 10.9. The maximum Gasteiger partial charge on any atom is 0.230 e. The third-order valence-electron chi connectivity index (χ3n) is 1.50. The van der Waals surface area contributed by atoms with Crippen molar-refractivity contribution in [2.24, 2.45) is 0 Å². The predicted octanol–water partition coefficient (Wildman–Crippen LogP) is 1.76. The van der Waals surface area contributed by atoms with E-state index in [1.807, 2.05) is 0 Å². The SMILES string of the molecule is O=C1CCCC(=O)N1CCl.O=S(Cl)Cl. The molecule has 4 nitrogen and oxygen atoms in total. The topological polar surface area (TPSA) is 54.5 Å². The van der Waals surface area contributed by atoms with E-state index in [1.54, 1.807) is 0 Å². The standard InChI is InChI=1S/C6H8ClNO2.Cl2OS/c7-4-8-5(9)2-1-3-6(8)10;1-4(2)3/h1-4H2;. The third-order valence-corrected chi connectivity index (χ3v) is 1.74. The number of hydrogen-bond acceptors (Lipinski definition) is 3.